The van der Waals surface area contributed by atoms with Crippen molar-refractivity contribution in [2.24, 2.45) is 5.73 Å². The molecule has 0 spiro atoms. The van der Waals surface area contributed by atoms with E-state index in [1.54, 1.807) is 18.2 Å². The van der Waals surface area contributed by atoms with E-state index in [9.17, 15) is 28.3 Å². The molecule has 6 N–H and O–H groups in total. The van der Waals surface area contributed by atoms with E-state index in [1.807, 2.05) is 0 Å². The van der Waals surface area contributed by atoms with Gasteiger partial charge < -0.3 is 35.1 Å². The van der Waals surface area contributed by atoms with Gasteiger partial charge in [0.15, 0.2) is 5.76 Å². The van der Waals surface area contributed by atoms with Gasteiger partial charge in [-0.05, 0) is 12.1 Å². The number of hydrogen-bond donors (Lipinski definition) is 5. The lowest BCUT2D eigenvalue weighted by atomic mass is 9.83. The van der Waals surface area contributed by atoms with Gasteiger partial charge in [0.1, 0.15) is 11.9 Å². The number of ether oxygens (including phenoxy) is 2. The van der Waals surface area contributed by atoms with Gasteiger partial charge in [-0.1, -0.05) is 35.0 Å². The summed E-state index contributed by atoms with van der Waals surface area (Å²) in [5, 5.41) is 32.5. The quantitative estimate of drug-likeness (QED) is 0.289. The number of hydrogen-bond acceptors (Lipinski definition) is 10. The summed E-state index contributed by atoms with van der Waals surface area (Å²) in [5.74, 6) is -0.375. The van der Waals surface area contributed by atoms with Crippen LogP contribution in [0.15, 0.2) is 47.1 Å². The maximum absolute atomic E-state index is 12.0. The maximum Gasteiger partial charge on any atom is 0.301 e. The molecule has 3 rings (SSSR count). The Morgan fingerprint density at radius 2 is 1.89 bits per heavy atom. The third kappa shape index (κ3) is 2.89. The van der Waals surface area contributed by atoms with Gasteiger partial charge in [0, 0.05) is 12.6 Å². The van der Waals surface area contributed by atoms with Crippen LogP contribution in [0.25, 0.3) is 0 Å². The number of aromatic nitrogens is 1. The molecule has 28 heavy (non-hydrogen) atoms. The highest BCUT2D eigenvalue weighted by atomic mass is 35.5. The van der Waals surface area contributed by atoms with Crippen molar-refractivity contribution in [3.8, 4) is 5.75 Å². The minimum Gasteiger partial charge on any atom is -0.461 e. The molecule has 1 saturated heterocycles. The normalized spacial score (nSPS) is 36.2. The van der Waals surface area contributed by atoms with Crippen LogP contribution in [0.2, 0.25) is 0 Å². The van der Waals surface area contributed by atoms with Crippen LogP contribution in [0.5, 0.6) is 5.75 Å². The van der Waals surface area contributed by atoms with Gasteiger partial charge in [0.2, 0.25) is 17.0 Å². The molecule has 1 aromatic carbocycles. The standard InChI is InChI=1S/C15H17ClN2O9S/c16-15(21)11(19)14(20,10-6-7-18-27-10)12(25-9-4-2-1-3-5-9)26-13(15,8-17)28(22,23)24/h1-7,11-12,19-21H,8,17H2,(H,22,23,24)/t11-,12-,13?,14-,15+/m1/s1. The van der Waals surface area contributed by atoms with Gasteiger partial charge in [0.05, 0.1) is 6.20 Å². The SMILES string of the molecule is NCC1(S(=O)(=O)O)O[C@@H](Oc2ccccc2)[C@@](O)(c2ccno2)[C@@H](O)[C@@]1(O)Cl. The Bertz CT molecular complexity index is 924. The molecule has 0 radical (unpaired) electrons. The lowest BCUT2D eigenvalue weighted by molar-refractivity contribution is -0.348. The predicted molar refractivity (Wildman–Crippen MR) is 92.5 cm³/mol. The Hall–Kier alpha value is -1.77. The van der Waals surface area contributed by atoms with Gasteiger partial charge in [-0.25, -0.2) is 0 Å². The Kier molecular flexibility index (Phi) is 5.19. The molecule has 1 aliphatic rings. The van der Waals surface area contributed by atoms with Crippen LogP contribution in [0, 0.1) is 0 Å². The van der Waals surface area contributed by atoms with E-state index in [1.165, 1.54) is 12.1 Å². The predicted octanol–water partition coefficient (Wildman–Crippen LogP) is -0.871. The summed E-state index contributed by atoms with van der Waals surface area (Å²) in [6.07, 6.45) is -3.47. The Balaban J connectivity index is 2.20. The molecule has 0 amide bonds. The van der Waals surface area contributed by atoms with Crippen LogP contribution in [-0.4, -0.2) is 62.4 Å². The average Bonchev–Trinajstić information content (AvgIpc) is 3.17. The van der Waals surface area contributed by atoms with E-state index >= 15 is 0 Å². The maximum atomic E-state index is 12.0. The highest BCUT2D eigenvalue weighted by molar-refractivity contribution is 7.87. The molecule has 13 heteroatoms. The minimum absolute atomic E-state index is 0.0823. The summed E-state index contributed by atoms with van der Waals surface area (Å²) in [5.41, 5.74) is 2.69. The molecule has 1 fully saturated rings. The average molecular weight is 437 g/mol. The van der Waals surface area contributed by atoms with Crippen LogP contribution in [-0.2, 0) is 20.5 Å². The van der Waals surface area contributed by atoms with Gasteiger partial charge >= 0.3 is 10.1 Å². The van der Waals surface area contributed by atoms with Gasteiger partial charge in [0.25, 0.3) is 4.93 Å². The number of para-hydroxylation sites is 1. The van der Waals surface area contributed by atoms with E-state index in [0.29, 0.717) is 0 Å². The van der Waals surface area contributed by atoms with E-state index in [-0.39, 0.29) is 5.75 Å². The van der Waals surface area contributed by atoms with Crippen molar-refractivity contribution >= 4 is 21.7 Å². The van der Waals surface area contributed by atoms with Gasteiger partial charge in [-0.15, -0.1) is 0 Å². The second kappa shape index (κ2) is 6.93. The van der Waals surface area contributed by atoms with E-state index in [0.717, 1.165) is 12.3 Å². The molecule has 1 aliphatic heterocycles. The second-order valence-electron chi connectivity index (χ2n) is 6.09. The first-order chi connectivity index (χ1) is 13.0. The van der Waals surface area contributed by atoms with Crippen LogP contribution in [0.4, 0.5) is 0 Å². The van der Waals surface area contributed by atoms with Gasteiger partial charge in [-0.2, -0.15) is 8.42 Å². The molecule has 1 unspecified atom stereocenters. The zero-order chi connectivity index (χ0) is 20.8. The molecule has 0 bridgehead atoms. The number of alkyl halides is 1. The Morgan fingerprint density at radius 3 is 2.39 bits per heavy atom. The lowest BCUT2D eigenvalue weighted by Crippen LogP contribution is -2.78. The fraction of sp³-hybridized carbons (Fsp3) is 0.400. The summed E-state index contributed by atoms with van der Waals surface area (Å²) in [6, 6.07) is 8.79. The number of aliphatic hydroxyl groups excluding tert-OH is 1. The number of aliphatic hydroxyl groups is 3. The van der Waals surface area contributed by atoms with Crippen molar-refractivity contribution in [3.05, 3.63) is 48.4 Å². The minimum atomic E-state index is -5.35. The third-order valence-electron chi connectivity index (χ3n) is 4.47. The zero-order valence-electron chi connectivity index (χ0n) is 14.0. The van der Waals surface area contributed by atoms with E-state index < -0.39 is 50.4 Å². The summed E-state index contributed by atoms with van der Waals surface area (Å²) >= 11 is 5.88. The molecular weight excluding hydrogens is 420 g/mol. The molecule has 2 heterocycles. The summed E-state index contributed by atoms with van der Waals surface area (Å²) in [4.78, 5) is -3.15. The number of nitrogens with two attached hydrogens (primary N) is 1. The molecule has 2 aromatic rings. The topological polar surface area (TPSA) is 186 Å². The van der Waals surface area contributed by atoms with E-state index in [2.05, 4.69) is 5.16 Å². The lowest BCUT2D eigenvalue weighted by Gasteiger charge is -2.53. The van der Waals surface area contributed by atoms with Crippen LogP contribution in [0.3, 0.4) is 0 Å². The summed E-state index contributed by atoms with van der Waals surface area (Å²) < 4.78 is 49.3. The largest absolute Gasteiger partial charge is 0.461 e. The second-order valence-corrected chi connectivity index (χ2v) is 8.28. The number of rotatable bonds is 5. The smallest absolute Gasteiger partial charge is 0.301 e. The van der Waals surface area contributed by atoms with Crippen LogP contribution in [0.1, 0.15) is 5.76 Å². The first-order valence-corrected chi connectivity index (χ1v) is 9.62. The fourth-order valence-electron chi connectivity index (χ4n) is 2.92. The molecule has 154 valence electrons. The number of nitrogens with zero attached hydrogens (tertiary/aromatic N) is 1. The van der Waals surface area contributed by atoms with Crippen LogP contribution < -0.4 is 10.5 Å². The number of halogens is 1. The summed E-state index contributed by atoms with van der Waals surface area (Å²) in [7, 11) is -5.35. The Morgan fingerprint density at radius 1 is 1.25 bits per heavy atom. The molecule has 0 saturated carbocycles. The van der Waals surface area contributed by atoms with Crippen LogP contribution >= 0.6 is 11.6 Å². The van der Waals surface area contributed by atoms with Crippen molar-refractivity contribution in [1.29, 1.82) is 0 Å². The molecule has 5 atom stereocenters. The number of benzene rings is 1. The van der Waals surface area contributed by atoms with Crippen molar-refractivity contribution in [1.82, 2.24) is 5.16 Å². The fourth-order valence-corrected chi connectivity index (χ4v) is 4.40. The first kappa shape index (κ1) is 21.0. The molecule has 11 nitrogen and oxygen atoms in total. The van der Waals surface area contributed by atoms with Crippen molar-refractivity contribution in [2.75, 3.05) is 6.54 Å². The van der Waals surface area contributed by atoms with Crippen molar-refractivity contribution < 1.29 is 42.3 Å². The van der Waals surface area contributed by atoms with Gasteiger partial charge in [-0.3, -0.25) is 4.55 Å². The monoisotopic (exact) mass is 436 g/mol. The van der Waals surface area contributed by atoms with Crippen molar-refractivity contribution in [2.45, 2.75) is 28.0 Å². The van der Waals surface area contributed by atoms with E-state index in [4.69, 9.17) is 31.3 Å². The Labute approximate surface area is 164 Å². The molecule has 1 aromatic heterocycles. The highest BCUT2D eigenvalue weighted by Crippen LogP contribution is 2.51. The highest BCUT2D eigenvalue weighted by Gasteiger charge is 2.75. The third-order valence-corrected chi connectivity index (χ3v) is 6.51. The molecular formula is C15H17ClN2O9S. The molecule has 0 aliphatic carbocycles. The first-order valence-electron chi connectivity index (χ1n) is 7.80. The zero-order valence-corrected chi connectivity index (χ0v) is 15.6. The van der Waals surface area contributed by atoms with Crippen molar-refractivity contribution in [3.63, 3.8) is 0 Å². The summed E-state index contributed by atoms with van der Waals surface area (Å²) in [6.45, 7) is -1.09.